The number of oxazole rings is 1. The first kappa shape index (κ1) is 30.4. The molecule has 4 N–H and O–H groups in total. The summed E-state index contributed by atoms with van der Waals surface area (Å²) >= 11 is 0. The Hall–Kier alpha value is -4.60. The number of hydrogen-bond donors (Lipinski definition) is 3. The van der Waals surface area contributed by atoms with Crippen molar-refractivity contribution >= 4 is 23.4 Å². The molecule has 1 saturated heterocycles. The van der Waals surface area contributed by atoms with Crippen molar-refractivity contribution in [1.82, 2.24) is 15.2 Å². The van der Waals surface area contributed by atoms with Gasteiger partial charge < -0.3 is 25.8 Å². The Balaban J connectivity index is 1.52. The van der Waals surface area contributed by atoms with Crippen LogP contribution in [0.25, 0.3) is 0 Å². The van der Waals surface area contributed by atoms with E-state index in [4.69, 9.17) is 15.6 Å². The van der Waals surface area contributed by atoms with Gasteiger partial charge >= 0.3 is 0 Å². The Kier molecular flexibility index (Phi) is 9.04. The molecule has 4 rings (SSSR count). The molecule has 1 aliphatic rings. The topological polar surface area (TPSA) is 142 Å². The zero-order chi connectivity index (χ0) is 30.6. The maximum atomic E-state index is 14.1. The zero-order valence-electron chi connectivity index (χ0n) is 24.2. The number of nitrogens with one attached hydrogen (secondary N) is 2. The van der Waals surface area contributed by atoms with E-state index in [0.717, 1.165) is 11.1 Å². The molecule has 9 nitrogen and oxygen atoms in total. The number of benzene rings is 2. The number of rotatable bonds is 10. The Bertz CT molecular complexity index is 1530. The molecule has 1 fully saturated rings. The lowest BCUT2D eigenvalue weighted by atomic mass is 9.82. The third-order valence-electron chi connectivity index (χ3n) is 7.82. The summed E-state index contributed by atoms with van der Waals surface area (Å²) in [4.78, 5) is 44.7. The quantitative estimate of drug-likeness (QED) is 0.241. The lowest BCUT2D eigenvalue weighted by Gasteiger charge is -2.38. The number of aromatic nitrogens is 1. The molecule has 0 radical (unpaired) electrons. The van der Waals surface area contributed by atoms with Crippen molar-refractivity contribution in [3.63, 3.8) is 0 Å². The van der Waals surface area contributed by atoms with Gasteiger partial charge in [0.15, 0.2) is 0 Å². The number of allylic oxidation sites excluding steroid dienone is 1. The molecule has 1 aromatic heterocycles. The van der Waals surface area contributed by atoms with Crippen LogP contribution in [0.1, 0.15) is 72.6 Å². The van der Waals surface area contributed by atoms with Gasteiger partial charge in [0.05, 0.1) is 24.2 Å². The number of amides is 3. The van der Waals surface area contributed by atoms with Gasteiger partial charge in [-0.3, -0.25) is 14.4 Å². The van der Waals surface area contributed by atoms with Gasteiger partial charge in [0.1, 0.15) is 12.1 Å². The van der Waals surface area contributed by atoms with E-state index in [9.17, 15) is 18.8 Å². The number of hydrogen-bond acceptors (Lipinski definition) is 6. The minimum absolute atomic E-state index is 0.214. The summed E-state index contributed by atoms with van der Waals surface area (Å²) in [7, 11) is 0. The molecule has 0 aliphatic carbocycles. The van der Waals surface area contributed by atoms with Gasteiger partial charge in [0, 0.05) is 29.3 Å². The van der Waals surface area contributed by atoms with Crippen molar-refractivity contribution in [3.05, 3.63) is 101 Å². The van der Waals surface area contributed by atoms with Crippen LogP contribution < -0.4 is 11.1 Å². The van der Waals surface area contributed by atoms with E-state index in [1.807, 2.05) is 20.8 Å². The highest BCUT2D eigenvalue weighted by atomic mass is 19.1. The van der Waals surface area contributed by atoms with Crippen LogP contribution in [0.5, 0.6) is 0 Å². The molecule has 2 atom stereocenters. The first-order chi connectivity index (χ1) is 19.9. The number of carbonyl (C=O) groups is 3. The third kappa shape index (κ3) is 6.64. The fourth-order valence-electron chi connectivity index (χ4n) is 5.65. The molecule has 3 amide bonds. The maximum absolute atomic E-state index is 14.1. The van der Waals surface area contributed by atoms with Crippen LogP contribution in [0, 0.1) is 18.2 Å². The first-order valence-electron chi connectivity index (χ1n) is 13.8. The van der Waals surface area contributed by atoms with Crippen LogP contribution in [-0.4, -0.2) is 45.9 Å². The number of nitrogens with zero attached hydrogens (tertiary/aromatic N) is 2. The Morgan fingerprint density at radius 1 is 1.21 bits per heavy atom. The van der Waals surface area contributed by atoms with E-state index in [2.05, 4.69) is 10.3 Å². The number of primary amides is 1. The molecule has 0 spiro atoms. The molecule has 3 aromatic rings. The summed E-state index contributed by atoms with van der Waals surface area (Å²) in [6.07, 6.45) is 6.00. The highest BCUT2D eigenvalue weighted by Gasteiger charge is 2.47. The molecule has 0 bridgehead atoms. The van der Waals surface area contributed by atoms with Crippen LogP contribution in [0.3, 0.4) is 0 Å². The van der Waals surface area contributed by atoms with Crippen LogP contribution in [0.15, 0.2) is 71.0 Å². The summed E-state index contributed by atoms with van der Waals surface area (Å²) in [5.41, 5.74) is 7.95. The van der Waals surface area contributed by atoms with Gasteiger partial charge in [0.2, 0.25) is 17.7 Å². The predicted octanol–water partition coefficient (Wildman–Crippen LogP) is 4.56. The second-order valence-corrected chi connectivity index (χ2v) is 11.2. The SMILES string of the molecule is CC(=N)/C=C(/Cc1ccc(C(=O)NCC(=O)N2[C@H](c3cccc(F)c3)CC[C@@H]2C(C)(C)c2ncco2)cc1C)C(N)=O. The second kappa shape index (κ2) is 12.5. The van der Waals surface area contributed by atoms with E-state index >= 15 is 0 Å². The lowest BCUT2D eigenvalue weighted by molar-refractivity contribution is -0.134. The Labute approximate surface area is 244 Å². The molecule has 2 aromatic carbocycles. The molecule has 2 heterocycles. The minimum Gasteiger partial charge on any atom is -0.448 e. The van der Waals surface area contributed by atoms with Crippen LogP contribution in [0.4, 0.5) is 4.39 Å². The first-order valence-corrected chi connectivity index (χ1v) is 13.8. The molecule has 1 aliphatic heterocycles. The van der Waals surface area contributed by atoms with Gasteiger partial charge in [-0.05, 0) is 87.6 Å². The summed E-state index contributed by atoms with van der Waals surface area (Å²) in [6, 6.07) is 10.6. The molecular formula is C32H36FN5O4. The fraction of sp³-hybridized carbons (Fsp3) is 0.344. The summed E-state index contributed by atoms with van der Waals surface area (Å²) in [5, 5.41) is 10.4. The van der Waals surface area contributed by atoms with E-state index in [1.54, 1.807) is 48.4 Å². The number of halogens is 1. The van der Waals surface area contributed by atoms with E-state index < -0.39 is 17.2 Å². The molecule has 42 heavy (non-hydrogen) atoms. The molecular weight excluding hydrogens is 537 g/mol. The van der Waals surface area contributed by atoms with Crippen molar-refractivity contribution in [1.29, 1.82) is 5.41 Å². The van der Waals surface area contributed by atoms with Crippen LogP contribution in [0.2, 0.25) is 0 Å². The van der Waals surface area contributed by atoms with Gasteiger partial charge in [-0.2, -0.15) is 0 Å². The van der Waals surface area contributed by atoms with E-state index in [1.165, 1.54) is 24.5 Å². The predicted molar refractivity (Wildman–Crippen MR) is 156 cm³/mol. The average Bonchev–Trinajstić information content (AvgIpc) is 3.63. The molecule has 0 saturated carbocycles. The number of nitrogens with two attached hydrogens (primary N) is 1. The number of likely N-dealkylation sites (tertiary alicyclic amines) is 1. The van der Waals surface area contributed by atoms with Crippen LogP contribution >= 0.6 is 0 Å². The minimum atomic E-state index is -0.632. The average molecular weight is 574 g/mol. The van der Waals surface area contributed by atoms with E-state index in [-0.39, 0.29) is 42.5 Å². The number of aryl methyl sites for hydroxylation is 1. The van der Waals surface area contributed by atoms with Crippen molar-refractivity contribution in [2.45, 2.75) is 64.5 Å². The summed E-state index contributed by atoms with van der Waals surface area (Å²) in [5.74, 6) is -1.22. The second-order valence-electron chi connectivity index (χ2n) is 11.2. The van der Waals surface area contributed by atoms with Gasteiger partial charge in [-0.1, -0.05) is 18.2 Å². The lowest BCUT2D eigenvalue weighted by Crippen LogP contribution is -2.50. The smallest absolute Gasteiger partial charge is 0.251 e. The Morgan fingerprint density at radius 3 is 2.60 bits per heavy atom. The highest BCUT2D eigenvalue weighted by Crippen LogP contribution is 2.44. The summed E-state index contributed by atoms with van der Waals surface area (Å²) < 4.78 is 19.8. The fourth-order valence-corrected chi connectivity index (χ4v) is 5.65. The van der Waals surface area contributed by atoms with E-state index in [0.29, 0.717) is 35.4 Å². The highest BCUT2D eigenvalue weighted by molar-refractivity contribution is 6.01. The number of carbonyl (C=O) groups excluding carboxylic acids is 3. The molecule has 10 heteroatoms. The van der Waals surface area contributed by atoms with Crippen molar-refractivity contribution in [3.8, 4) is 0 Å². The molecule has 0 unspecified atom stereocenters. The third-order valence-corrected chi connectivity index (χ3v) is 7.82. The summed E-state index contributed by atoms with van der Waals surface area (Å²) in [6.45, 7) is 7.04. The van der Waals surface area contributed by atoms with Crippen molar-refractivity contribution in [2.24, 2.45) is 5.73 Å². The van der Waals surface area contributed by atoms with Crippen LogP contribution in [-0.2, 0) is 21.4 Å². The largest absolute Gasteiger partial charge is 0.448 e. The van der Waals surface area contributed by atoms with Crippen molar-refractivity contribution < 1.29 is 23.2 Å². The van der Waals surface area contributed by atoms with Gasteiger partial charge in [-0.25, -0.2) is 9.37 Å². The standard InChI is InChI=1S/C32H36FN5O4/c1-19-14-23(9-8-21(19)16-24(29(35)40)15-20(2)34)30(41)37-18-28(39)38-26(22-6-5-7-25(33)17-22)10-11-27(38)32(3,4)31-36-12-13-42-31/h5-9,12-15,17,26-27,34H,10-11,16,18H2,1-4H3,(H2,35,40)(H,37,41)/b24-15-,34-20?/t26-,27+/m0/s1. The normalized spacial score (nSPS) is 17.3. The zero-order valence-corrected chi connectivity index (χ0v) is 24.2. The monoisotopic (exact) mass is 573 g/mol. The maximum Gasteiger partial charge on any atom is 0.251 e. The van der Waals surface area contributed by atoms with Crippen molar-refractivity contribution in [2.75, 3.05) is 6.54 Å². The van der Waals surface area contributed by atoms with Gasteiger partial charge in [-0.15, -0.1) is 0 Å². The van der Waals surface area contributed by atoms with Gasteiger partial charge in [0.25, 0.3) is 5.91 Å². The Morgan fingerprint density at radius 2 is 1.98 bits per heavy atom. The molecule has 220 valence electrons.